The van der Waals surface area contributed by atoms with Crippen LogP contribution in [0.1, 0.15) is 16.9 Å². The van der Waals surface area contributed by atoms with Crippen LogP contribution in [0.15, 0.2) is 30.7 Å². The van der Waals surface area contributed by atoms with Crippen molar-refractivity contribution >= 4 is 58.8 Å². The highest BCUT2D eigenvalue weighted by Gasteiger charge is 2.16. The largest absolute Gasteiger partial charge is 0.380 e. The number of nitrogens with two attached hydrogens (primary N) is 1. The molecule has 0 aliphatic heterocycles. The lowest BCUT2D eigenvalue weighted by molar-refractivity contribution is -0.118. The van der Waals surface area contributed by atoms with Crippen LogP contribution in [0.2, 0.25) is 10.0 Å². The van der Waals surface area contributed by atoms with Crippen molar-refractivity contribution in [2.45, 2.75) is 12.5 Å². The van der Waals surface area contributed by atoms with Crippen LogP contribution in [0.25, 0.3) is 0 Å². The second-order valence-corrected chi connectivity index (χ2v) is 6.02. The summed E-state index contributed by atoms with van der Waals surface area (Å²) in [5.74, 6) is -0.810. The second-order valence-electron chi connectivity index (χ2n) is 5.21. The predicted octanol–water partition coefficient (Wildman–Crippen LogP) is 2.76. The third-order valence-corrected chi connectivity index (χ3v) is 3.97. The molecule has 2 amide bonds. The fraction of sp³-hybridized carbons (Fsp3) is 0.250. The molecule has 146 valence electrons. The van der Waals surface area contributed by atoms with Crippen LogP contribution in [-0.4, -0.2) is 41.5 Å². The Kier molecular flexibility index (Phi) is 9.40. The van der Waals surface area contributed by atoms with Crippen molar-refractivity contribution in [3.63, 3.8) is 0 Å². The minimum absolute atomic E-state index is 0. The van der Waals surface area contributed by atoms with Gasteiger partial charge in [0.1, 0.15) is 5.69 Å². The number of methoxy groups -OCH3 is 1. The molecule has 4 N–H and O–H groups in total. The molecule has 0 fully saturated rings. The van der Waals surface area contributed by atoms with Gasteiger partial charge in [0.05, 0.1) is 34.5 Å². The molecule has 1 heterocycles. The lowest BCUT2D eigenvalue weighted by Gasteiger charge is -2.14. The fourth-order valence-corrected chi connectivity index (χ4v) is 2.62. The first-order valence-electron chi connectivity index (χ1n) is 7.53. The molecule has 1 aromatic heterocycles. The second kappa shape index (κ2) is 11.0. The van der Waals surface area contributed by atoms with E-state index in [0.29, 0.717) is 5.69 Å². The number of aromatic nitrogens is 2. The Labute approximate surface area is 172 Å². The van der Waals surface area contributed by atoms with Gasteiger partial charge in [0.15, 0.2) is 0 Å². The van der Waals surface area contributed by atoms with E-state index in [1.54, 1.807) is 0 Å². The topological polar surface area (TPSA) is 119 Å². The molecule has 1 aromatic carbocycles. The summed E-state index contributed by atoms with van der Waals surface area (Å²) in [6.45, 7) is 0.221. The summed E-state index contributed by atoms with van der Waals surface area (Å²) in [4.78, 5) is 31.9. The van der Waals surface area contributed by atoms with E-state index in [1.165, 1.54) is 37.8 Å². The minimum Gasteiger partial charge on any atom is -0.380 e. The van der Waals surface area contributed by atoms with Crippen molar-refractivity contribution in [3.05, 3.63) is 46.5 Å². The Morgan fingerprint density at radius 3 is 2.41 bits per heavy atom. The molecular weight excluding hydrogens is 417 g/mol. The molecule has 0 aliphatic carbocycles. The van der Waals surface area contributed by atoms with Gasteiger partial charge in [-0.3, -0.25) is 14.6 Å². The molecule has 0 bridgehead atoms. The number of ether oxygens (including phenoxy) is 1. The first kappa shape index (κ1) is 23.1. The van der Waals surface area contributed by atoms with E-state index >= 15 is 0 Å². The number of nitrogens with one attached hydrogen (secondary N) is 2. The minimum atomic E-state index is -0.510. The first-order chi connectivity index (χ1) is 12.4. The summed E-state index contributed by atoms with van der Waals surface area (Å²) in [6, 6.07) is 2.95. The monoisotopic (exact) mass is 433 g/mol. The van der Waals surface area contributed by atoms with E-state index < -0.39 is 5.91 Å². The standard InChI is InChI=1S/C16H17Cl2N5O3.ClH/c1-26-10(7-19)6-14(24)22-9-4-11(17)15(12(18)5-9)23-16(25)13-8-20-2-3-21-13;/h2-5,8,10H,6-7,19H2,1H3,(H,22,24)(H,23,25);1H. The molecule has 2 aromatic rings. The SMILES string of the molecule is COC(CN)CC(=O)Nc1cc(Cl)c(NC(=O)c2cnccn2)c(Cl)c1.Cl. The zero-order chi connectivity index (χ0) is 19.1. The van der Waals surface area contributed by atoms with Gasteiger partial charge in [0.2, 0.25) is 5.91 Å². The number of hydrogen-bond donors (Lipinski definition) is 3. The Morgan fingerprint density at radius 1 is 1.22 bits per heavy atom. The summed E-state index contributed by atoms with van der Waals surface area (Å²) in [7, 11) is 1.48. The summed E-state index contributed by atoms with van der Waals surface area (Å²) in [6.07, 6.45) is 3.87. The van der Waals surface area contributed by atoms with Gasteiger partial charge in [-0.2, -0.15) is 0 Å². The normalized spacial score (nSPS) is 11.3. The number of carbonyl (C=O) groups is 2. The molecule has 0 saturated heterocycles. The number of amides is 2. The van der Waals surface area contributed by atoms with Crippen molar-refractivity contribution in [2.24, 2.45) is 5.73 Å². The predicted molar refractivity (Wildman–Crippen MR) is 107 cm³/mol. The van der Waals surface area contributed by atoms with E-state index in [1.807, 2.05) is 0 Å². The van der Waals surface area contributed by atoms with Gasteiger partial charge in [-0.1, -0.05) is 23.2 Å². The van der Waals surface area contributed by atoms with Crippen LogP contribution in [0.5, 0.6) is 0 Å². The van der Waals surface area contributed by atoms with Crippen LogP contribution >= 0.6 is 35.6 Å². The number of benzene rings is 1. The van der Waals surface area contributed by atoms with Crippen molar-refractivity contribution in [1.29, 1.82) is 0 Å². The average molecular weight is 435 g/mol. The lowest BCUT2D eigenvalue weighted by atomic mass is 10.2. The Balaban J connectivity index is 0.00000364. The van der Waals surface area contributed by atoms with Gasteiger partial charge in [-0.05, 0) is 12.1 Å². The average Bonchev–Trinajstić information content (AvgIpc) is 2.63. The number of anilines is 2. The molecule has 27 heavy (non-hydrogen) atoms. The van der Waals surface area contributed by atoms with Gasteiger partial charge in [-0.25, -0.2) is 4.98 Å². The Hall–Kier alpha value is -1.97. The highest BCUT2D eigenvalue weighted by molar-refractivity contribution is 6.40. The molecule has 8 nitrogen and oxygen atoms in total. The van der Waals surface area contributed by atoms with Crippen molar-refractivity contribution < 1.29 is 14.3 Å². The Morgan fingerprint density at radius 2 is 1.89 bits per heavy atom. The third-order valence-electron chi connectivity index (χ3n) is 3.37. The van der Waals surface area contributed by atoms with Crippen molar-refractivity contribution in [2.75, 3.05) is 24.3 Å². The van der Waals surface area contributed by atoms with Crippen LogP contribution in [-0.2, 0) is 9.53 Å². The molecule has 0 aliphatic rings. The summed E-state index contributed by atoms with van der Waals surface area (Å²) >= 11 is 12.4. The van der Waals surface area contributed by atoms with E-state index in [2.05, 4.69) is 20.6 Å². The van der Waals surface area contributed by atoms with Gasteiger partial charge in [0, 0.05) is 31.7 Å². The lowest BCUT2D eigenvalue weighted by Crippen LogP contribution is -2.28. The maximum Gasteiger partial charge on any atom is 0.275 e. The summed E-state index contributed by atoms with van der Waals surface area (Å²) in [5, 5.41) is 5.55. The van der Waals surface area contributed by atoms with Gasteiger partial charge in [0.25, 0.3) is 5.91 Å². The molecule has 1 unspecified atom stereocenters. The molecule has 0 saturated carbocycles. The van der Waals surface area contributed by atoms with Crippen molar-refractivity contribution in [1.82, 2.24) is 9.97 Å². The maximum absolute atomic E-state index is 12.1. The number of hydrogen-bond acceptors (Lipinski definition) is 6. The molecule has 1 atom stereocenters. The maximum atomic E-state index is 12.1. The summed E-state index contributed by atoms with van der Waals surface area (Å²) in [5.41, 5.74) is 6.20. The van der Waals surface area contributed by atoms with Gasteiger partial charge >= 0.3 is 0 Å². The van der Waals surface area contributed by atoms with Crippen LogP contribution < -0.4 is 16.4 Å². The molecule has 11 heteroatoms. The van der Waals surface area contributed by atoms with Crippen LogP contribution in [0.4, 0.5) is 11.4 Å². The molecular formula is C16H18Cl3N5O3. The van der Waals surface area contributed by atoms with E-state index in [4.69, 9.17) is 33.7 Å². The van der Waals surface area contributed by atoms with Crippen LogP contribution in [0.3, 0.4) is 0 Å². The number of nitrogens with zero attached hydrogens (tertiary/aromatic N) is 2. The zero-order valence-electron chi connectivity index (χ0n) is 14.2. The Bertz CT molecular complexity index is 765. The smallest absolute Gasteiger partial charge is 0.275 e. The highest BCUT2D eigenvalue weighted by atomic mass is 35.5. The summed E-state index contributed by atoms with van der Waals surface area (Å²) < 4.78 is 5.06. The van der Waals surface area contributed by atoms with Crippen LogP contribution in [0, 0.1) is 0 Å². The van der Waals surface area contributed by atoms with E-state index in [-0.39, 0.29) is 58.8 Å². The highest BCUT2D eigenvalue weighted by Crippen LogP contribution is 2.34. The van der Waals surface area contributed by atoms with E-state index in [9.17, 15) is 9.59 Å². The first-order valence-corrected chi connectivity index (χ1v) is 8.29. The van der Waals surface area contributed by atoms with Crippen molar-refractivity contribution in [3.8, 4) is 0 Å². The number of rotatable bonds is 7. The molecule has 0 spiro atoms. The van der Waals surface area contributed by atoms with Gasteiger partial charge in [-0.15, -0.1) is 12.4 Å². The van der Waals surface area contributed by atoms with E-state index in [0.717, 1.165) is 0 Å². The van der Waals surface area contributed by atoms with Gasteiger partial charge < -0.3 is 21.1 Å². The number of halogens is 3. The molecule has 0 radical (unpaired) electrons. The number of carbonyl (C=O) groups excluding carboxylic acids is 2. The third kappa shape index (κ3) is 6.60. The fourth-order valence-electron chi connectivity index (χ4n) is 2.04. The molecule has 2 rings (SSSR count). The zero-order valence-corrected chi connectivity index (χ0v) is 16.6. The quantitative estimate of drug-likeness (QED) is 0.616.